The lowest BCUT2D eigenvalue weighted by Crippen LogP contribution is -2.25. The van der Waals surface area contributed by atoms with Crippen molar-refractivity contribution in [3.05, 3.63) is 101 Å². The van der Waals surface area contributed by atoms with E-state index < -0.39 is 17.7 Å². The molecule has 0 aliphatic carbocycles. The second-order valence-corrected chi connectivity index (χ2v) is 8.45. The highest BCUT2D eigenvalue weighted by Crippen LogP contribution is 2.36. The number of rotatable bonds is 6. The molecule has 1 aliphatic rings. The largest absolute Gasteiger partial charge is 0.489 e. The highest BCUT2D eigenvalue weighted by atomic mass is 19.4. The van der Waals surface area contributed by atoms with Crippen LogP contribution in [0.15, 0.2) is 83.1 Å². The number of amidine groups is 1. The highest BCUT2D eigenvalue weighted by molar-refractivity contribution is 5.92. The smallest absolute Gasteiger partial charge is 0.416 e. The molecule has 192 valence electrons. The Bertz CT molecular complexity index is 1320. The van der Waals surface area contributed by atoms with Crippen molar-refractivity contribution in [1.82, 2.24) is 5.01 Å². The van der Waals surface area contributed by atoms with Crippen molar-refractivity contribution in [3.63, 3.8) is 0 Å². The van der Waals surface area contributed by atoms with Gasteiger partial charge in [-0.2, -0.15) is 18.3 Å². The normalized spacial score (nSPS) is 15.9. The van der Waals surface area contributed by atoms with Gasteiger partial charge >= 0.3 is 12.1 Å². The third-order valence-electron chi connectivity index (χ3n) is 5.69. The minimum Gasteiger partial charge on any atom is -0.489 e. The topological polar surface area (TPSA) is 63.5 Å². The first-order valence-electron chi connectivity index (χ1n) is 11.3. The summed E-state index contributed by atoms with van der Waals surface area (Å²) in [4.78, 5) is 17.3. The number of hydrogen-bond donors (Lipinski definition) is 0. The molecular weight excluding hydrogens is 490 g/mol. The summed E-state index contributed by atoms with van der Waals surface area (Å²) in [5, 5.41) is 10.00. The molecule has 0 aromatic heterocycles. The molecule has 1 unspecified atom stereocenters. The second-order valence-electron chi connectivity index (χ2n) is 8.45. The van der Waals surface area contributed by atoms with Crippen LogP contribution in [0.25, 0.3) is 0 Å². The standard InChI is InChI=1S/C27H23F4N3O3/c1-17-15-24(23-5-3-4-6-25(23)36-16-19-7-13-22(28)14-8-19)34(32-17)18(2)33-37-26(35)20-9-11-21(12-10-20)27(29,30)31/h3-14,24H,15-16H2,1-2H3/b33-18-. The monoisotopic (exact) mass is 513 g/mol. The van der Waals surface area contributed by atoms with Crippen LogP contribution in [0.3, 0.4) is 0 Å². The van der Waals surface area contributed by atoms with E-state index in [0.717, 1.165) is 41.1 Å². The Morgan fingerprint density at radius 3 is 2.41 bits per heavy atom. The molecule has 0 amide bonds. The maximum absolute atomic E-state index is 13.2. The summed E-state index contributed by atoms with van der Waals surface area (Å²) in [7, 11) is 0. The number of halogens is 4. The van der Waals surface area contributed by atoms with Crippen LogP contribution in [0.1, 0.15) is 53.4 Å². The molecule has 0 spiro atoms. The molecular formula is C27H23F4N3O3. The summed E-state index contributed by atoms with van der Waals surface area (Å²) in [6, 6.07) is 16.8. The predicted octanol–water partition coefficient (Wildman–Crippen LogP) is 6.74. The van der Waals surface area contributed by atoms with Gasteiger partial charge < -0.3 is 9.57 Å². The van der Waals surface area contributed by atoms with Crippen molar-refractivity contribution < 1.29 is 31.9 Å². The van der Waals surface area contributed by atoms with E-state index in [4.69, 9.17) is 9.57 Å². The molecule has 10 heteroatoms. The molecule has 1 aliphatic heterocycles. The number of oxime groups is 1. The zero-order valence-corrected chi connectivity index (χ0v) is 20.0. The van der Waals surface area contributed by atoms with Crippen molar-refractivity contribution in [3.8, 4) is 5.75 Å². The van der Waals surface area contributed by atoms with Crippen LogP contribution in [0.4, 0.5) is 17.6 Å². The van der Waals surface area contributed by atoms with Crippen molar-refractivity contribution in [2.45, 2.75) is 39.1 Å². The van der Waals surface area contributed by atoms with Crippen LogP contribution in [0, 0.1) is 5.82 Å². The lowest BCUT2D eigenvalue weighted by molar-refractivity contribution is -0.137. The average molecular weight is 513 g/mol. The third-order valence-corrected chi connectivity index (χ3v) is 5.69. The molecule has 0 saturated heterocycles. The number of benzene rings is 3. The van der Waals surface area contributed by atoms with Gasteiger partial charge in [-0.3, -0.25) is 0 Å². The molecule has 0 bridgehead atoms. The Balaban J connectivity index is 1.48. The second kappa shape index (κ2) is 10.8. The molecule has 3 aromatic carbocycles. The van der Waals surface area contributed by atoms with Gasteiger partial charge in [-0.25, -0.2) is 14.2 Å². The third kappa shape index (κ3) is 6.32. The van der Waals surface area contributed by atoms with Crippen molar-refractivity contribution in [2.75, 3.05) is 0 Å². The summed E-state index contributed by atoms with van der Waals surface area (Å²) in [5.74, 6) is -0.337. The van der Waals surface area contributed by atoms with E-state index in [0.29, 0.717) is 12.2 Å². The maximum atomic E-state index is 13.2. The van der Waals surface area contributed by atoms with Gasteiger partial charge in [0.2, 0.25) is 0 Å². The van der Waals surface area contributed by atoms with E-state index in [1.54, 1.807) is 24.1 Å². The fraction of sp³-hybridized carbons (Fsp3) is 0.222. The molecule has 3 aromatic rings. The van der Waals surface area contributed by atoms with Crippen molar-refractivity contribution >= 4 is 17.5 Å². The Kier molecular flexibility index (Phi) is 7.56. The molecule has 0 radical (unpaired) electrons. The first-order valence-corrected chi connectivity index (χ1v) is 11.3. The minimum atomic E-state index is -4.50. The van der Waals surface area contributed by atoms with Crippen LogP contribution in [-0.2, 0) is 17.6 Å². The van der Waals surface area contributed by atoms with Crippen molar-refractivity contribution in [1.29, 1.82) is 0 Å². The number of nitrogens with zero attached hydrogens (tertiary/aromatic N) is 3. The zero-order chi connectivity index (χ0) is 26.6. The van der Waals surface area contributed by atoms with Gasteiger partial charge in [0.15, 0.2) is 5.84 Å². The number of hydrogen-bond acceptors (Lipinski definition) is 5. The highest BCUT2D eigenvalue weighted by Gasteiger charge is 2.32. The number of ether oxygens (including phenoxy) is 1. The summed E-state index contributed by atoms with van der Waals surface area (Å²) in [5.41, 5.74) is 1.52. The first-order chi connectivity index (χ1) is 17.6. The lowest BCUT2D eigenvalue weighted by Gasteiger charge is -2.24. The Hall–Kier alpha value is -4.21. The lowest BCUT2D eigenvalue weighted by atomic mass is 10.0. The maximum Gasteiger partial charge on any atom is 0.416 e. The van der Waals surface area contributed by atoms with E-state index in [1.165, 1.54) is 12.1 Å². The van der Waals surface area contributed by atoms with Crippen LogP contribution in [0.5, 0.6) is 5.75 Å². The fourth-order valence-electron chi connectivity index (χ4n) is 3.83. The first kappa shape index (κ1) is 25.9. The quantitative estimate of drug-likeness (QED) is 0.120. The minimum absolute atomic E-state index is 0.0678. The van der Waals surface area contributed by atoms with Gasteiger partial charge in [-0.15, -0.1) is 0 Å². The van der Waals surface area contributed by atoms with Gasteiger partial charge in [-0.05, 0) is 61.9 Å². The molecule has 6 nitrogen and oxygen atoms in total. The Morgan fingerprint density at radius 2 is 1.73 bits per heavy atom. The van der Waals surface area contributed by atoms with Crippen LogP contribution in [0.2, 0.25) is 0 Å². The molecule has 37 heavy (non-hydrogen) atoms. The molecule has 0 saturated carbocycles. The van der Waals surface area contributed by atoms with Crippen LogP contribution in [-0.4, -0.2) is 22.5 Å². The molecule has 4 rings (SSSR count). The summed E-state index contributed by atoms with van der Waals surface area (Å²) in [6.45, 7) is 3.70. The molecule has 1 atom stereocenters. The average Bonchev–Trinajstić information content (AvgIpc) is 3.28. The van der Waals surface area contributed by atoms with Gasteiger partial charge in [0.05, 0.1) is 17.2 Å². The summed E-state index contributed by atoms with van der Waals surface area (Å²) in [6.07, 6.45) is -3.94. The van der Waals surface area contributed by atoms with Crippen LogP contribution < -0.4 is 4.74 Å². The van der Waals surface area contributed by atoms with Crippen molar-refractivity contribution in [2.24, 2.45) is 10.3 Å². The molecule has 0 N–H and O–H groups in total. The number of hydrazone groups is 1. The zero-order valence-electron chi connectivity index (χ0n) is 20.0. The molecule has 0 fully saturated rings. The number of carbonyl (C=O) groups excluding carboxylic acids is 1. The predicted molar refractivity (Wildman–Crippen MR) is 129 cm³/mol. The van der Waals surface area contributed by atoms with Gasteiger partial charge in [0, 0.05) is 17.7 Å². The van der Waals surface area contributed by atoms with Crippen LogP contribution >= 0.6 is 0 Å². The van der Waals surface area contributed by atoms with E-state index >= 15 is 0 Å². The number of para-hydroxylation sites is 1. The van der Waals surface area contributed by atoms with Gasteiger partial charge in [-0.1, -0.05) is 35.5 Å². The molecule has 1 heterocycles. The van der Waals surface area contributed by atoms with E-state index in [9.17, 15) is 22.4 Å². The number of alkyl halides is 3. The SMILES string of the molecule is CC1=NN(/C(C)=N\OC(=O)c2ccc(C(F)(F)F)cc2)C(c2ccccc2OCc2ccc(F)cc2)C1. The Labute approximate surface area is 210 Å². The Morgan fingerprint density at radius 1 is 1.05 bits per heavy atom. The van der Waals surface area contributed by atoms with Gasteiger partial charge in [0.25, 0.3) is 0 Å². The van der Waals surface area contributed by atoms with Gasteiger partial charge in [0.1, 0.15) is 18.2 Å². The summed E-state index contributed by atoms with van der Waals surface area (Å²) >= 11 is 0. The van der Waals surface area contributed by atoms with E-state index in [1.807, 2.05) is 31.2 Å². The number of carbonyl (C=O) groups is 1. The summed E-state index contributed by atoms with van der Waals surface area (Å²) < 4.78 is 57.5. The van der Waals surface area contributed by atoms with E-state index in [-0.39, 0.29) is 29.9 Å². The fourth-order valence-corrected chi connectivity index (χ4v) is 3.83. The van der Waals surface area contributed by atoms with E-state index in [2.05, 4.69) is 10.3 Å².